The maximum Gasteiger partial charge on any atom is 0.262 e. The van der Waals surface area contributed by atoms with Crippen LogP contribution in [-0.4, -0.2) is 47.1 Å². The molecule has 4 aromatic carbocycles. The summed E-state index contributed by atoms with van der Waals surface area (Å²) in [6.45, 7) is 2.64. The van der Waals surface area contributed by atoms with Crippen LogP contribution in [0.25, 0.3) is 0 Å². The lowest BCUT2D eigenvalue weighted by molar-refractivity contribution is -0.118. The van der Waals surface area contributed by atoms with E-state index in [1.807, 2.05) is 13.0 Å². The highest BCUT2D eigenvalue weighted by molar-refractivity contribution is 7.92. The molecule has 10 nitrogen and oxygen atoms in total. The number of hydrogen-bond donors (Lipinski definition) is 2. The first-order valence-electron chi connectivity index (χ1n) is 13.6. The minimum Gasteiger partial charge on any atom is -0.497 e. The van der Waals surface area contributed by atoms with Crippen LogP contribution in [0.4, 0.5) is 17.1 Å². The molecule has 1 heterocycles. The Labute approximate surface area is 250 Å². The number of methoxy groups -OCH3 is 1. The van der Waals surface area contributed by atoms with Crippen molar-refractivity contribution in [3.05, 3.63) is 102 Å². The third kappa shape index (κ3) is 7.07. The van der Waals surface area contributed by atoms with Gasteiger partial charge in [-0.1, -0.05) is 6.07 Å². The van der Waals surface area contributed by atoms with Crippen LogP contribution >= 0.6 is 0 Å². The first kappa shape index (κ1) is 29.5. The Morgan fingerprint density at radius 3 is 2.12 bits per heavy atom. The van der Waals surface area contributed by atoms with Crippen molar-refractivity contribution in [3.63, 3.8) is 0 Å². The summed E-state index contributed by atoms with van der Waals surface area (Å²) in [5, 5.41) is 2.80. The van der Waals surface area contributed by atoms with Gasteiger partial charge in [-0.15, -0.1) is 0 Å². The van der Waals surface area contributed by atoms with Crippen LogP contribution < -0.4 is 29.1 Å². The highest BCUT2D eigenvalue weighted by Gasteiger charge is 2.26. The SMILES string of the molecule is CCOc1ccc(NS(=O)(=O)c2ccc(OCC(=O)Nc3ccc4c(c3)N(C(=O)c3ccc(OC)cc3)CC4)cc2)cc1. The van der Waals surface area contributed by atoms with Gasteiger partial charge in [-0.3, -0.25) is 14.3 Å². The molecule has 0 aromatic heterocycles. The Bertz CT molecular complexity index is 1710. The van der Waals surface area contributed by atoms with Gasteiger partial charge in [-0.05, 0) is 104 Å². The molecule has 1 aliphatic rings. The third-order valence-corrected chi connectivity index (χ3v) is 8.17. The zero-order valence-corrected chi connectivity index (χ0v) is 24.5. The molecule has 0 radical (unpaired) electrons. The molecule has 0 spiro atoms. The molecule has 5 rings (SSSR count). The highest BCUT2D eigenvalue weighted by atomic mass is 32.2. The maximum atomic E-state index is 13.1. The van der Waals surface area contributed by atoms with Gasteiger partial charge in [-0.25, -0.2) is 8.42 Å². The summed E-state index contributed by atoms with van der Waals surface area (Å²) < 4.78 is 44.2. The molecule has 0 atom stereocenters. The largest absolute Gasteiger partial charge is 0.497 e. The number of carbonyl (C=O) groups excluding carboxylic acids is 2. The van der Waals surface area contributed by atoms with Crippen molar-refractivity contribution in [1.82, 2.24) is 0 Å². The molecule has 4 aromatic rings. The van der Waals surface area contributed by atoms with Crippen LogP contribution in [0.3, 0.4) is 0 Å². The molecule has 0 unspecified atom stereocenters. The Morgan fingerprint density at radius 1 is 0.814 bits per heavy atom. The predicted molar refractivity (Wildman–Crippen MR) is 164 cm³/mol. The van der Waals surface area contributed by atoms with Gasteiger partial charge >= 0.3 is 0 Å². The van der Waals surface area contributed by atoms with Gasteiger partial charge in [0.1, 0.15) is 17.2 Å². The molecule has 0 bridgehead atoms. The number of carbonyl (C=O) groups is 2. The summed E-state index contributed by atoms with van der Waals surface area (Å²) in [7, 11) is -2.25. The second-order valence-corrected chi connectivity index (χ2v) is 11.3. The van der Waals surface area contributed by atoms with Crippen molar-refractivity contribution in [2.45, 2.75) is 18.2 Å². The van der Waals surface area contributed by atoms with E-state index in [4.69, 9.17) is 14.2 Å². The number of rotatable bonds is 11. The summed E-state index contributed by atoms with van der Waals surface area (Å²) in [5.41, 5.74) is 3.24. The average Bonchev–Trinajstić information content (AvgIpc) is 3.44. The van der Waals surface area contributed by atoms with Crippen molar-refractivity contribution in [3.8, 4) is 17.2 Å². The van der Waals surface area contributed by atoms with Crippen LogP contribution in [0, 0.1) is 0 Å². The summed E-state index contributed by atoms with van der Waals surface area (Å²) in [5.74, 6) is 1.12. The van der Waals surface area contributed by atoms with Crippen molar-refractivity contribution in [2.24, 2.45) is 0 Å². The van der Waals surface area contributed by atoms with Gasteiger partial charge in [0.05, 0.1) is 18.6 Å². The fraction of sp³-hybridized carbons (Fsp3) is 0.188. The molecule has 0 saturated carbocycles. The van der Waals surface area contributed by atoms with E-state index in [0.717, 1.165) is 17.7 Å². The van der Waals surface area contributed by atoms with Crippen LogP contribution in [0.2, 0.25) is 0 Å². The Morgan fingerprint density at radius 2 is 1.44 bits per heavy atom. The summed E-state index contributed by atoms with van der Waals surface area (Å²) in [6.07, 6.45) is 0.718. The fourth-order valence-corrected chi connectivity index (χ4v) is 5.68. The minimum atomic E-state index is -3.82. The summed E-state index contributed by atoms with van der Waals surface area (Å²) in [4.78, 5) is 27.5. The molecule has 2 N–H and O–H groups in total. The van der Waals surface area contributed by atoms with Gasteiger partial charge in [0.15, 0.2) is 6.61 Å². The second kappa shape index (κ2) is 12.9. The number of fused-ring (bicyclic) bond motifs is 1. The molecule has 1 aliphatic heterocycles. The fourth-order valence-electron chi connectivity index (χ4n) is 4.62. The number of benzene rings is 4. The summed E-state index contributed by atoms with van der Waals surface area (Å²) in [6, 6.07) is 24.8. The van der Waals surface area contributed by atoms with Crippen molar-refractivity contribution in [2.75, 3.05) is 41.8 Å². The first-order valence-corrected chi connectivity index (χ1v) is 15.1. The molecule has 11 heteroatoms. The van der Waals surface area contributed by atoms with E-state index in [2.05, 4.69) is 10.0 Å². The lowest BCUT2D eigenvalue weighted by Crippen LogP contribution is -2.29. The summed E-state index contributed by atoms with van der Waals surface area (Å²) >= 11 is 0. The standard InChI is InChI=1S/C32H31N3O7S/c1-3-41-27-12-8-24(9-13-27)34-43(38,39)29-16-14-28(15-17-29)42-21-31(36)33-25-7-4-22-18-19-35(30(22)20-25)32(37)23-5-10-26(40-2)11-6-23/h4-17,20,34H,3,18-19,21H2,1-2H3,(H,33,36). The van der Waals surface area contributed by atoms with Gasteiger partial charge in [0, 0.05) is 29.2 Å². The molecular formula is C32H31N3O7S. The number of ether oxygens (including phenoxy) is 3. The van der Waals surface area contributed by atoms with Crippen LogP contribution in [0.5, 0.6) is 17.2 Å². The number of nitrogens with one attached hydrogen (secondary N) is 2. The van der Waals surface area contributed by atoms with Crippen molar-refractivity contribution >= 4 is 38.9 Å². The van der Waals surface area contributed by atoms with Gasteiger partial charge in [-0.2, -0.15) is 0 Å². The lowest BCUT2D eigenvalue weighted by atomic mass is 10.1. The van der Waals surface area contributed by atoms with Crippen molar-refractivity contribution in [1.29, 1.82) is 0 Å². The normalized spacial score (nSPS) is 12.3. The molecule has 0 aliphatic carbocycles. The Hall–Kier alpha value is -5.03. The van der Waals surface area contributed by atoms with Crippen LogP contribution in [0.1, 0.15) is 22.8 Å². The number of amides is 2. The van der Waals surface area contributed by atoms with Crippen molar-refractivity contribution < 1.29 is 32.2 Å². The topological polar surface area (TPSA) is 123 Å². The minimum absolute atomic E-state index is 0.0464. The van der Waals surface area contributed by atoms with Crippen LogP contribution in [0.15, 0.2) is 95.9 Å². The predicted octanol–water partition coefficient (Wildman–Crippen LogP) is 5.12. The van der Waals surface area contributed by atoms with E-state index in [1.165, 1.54) is 24.3 Å². The molecule has 0 saturated heterocycles. The molecule has 0 fully saturated rings. The van der Waals surface area contributed by atoms with Crippen LogP contribution in [-0.2, 0) is 21.2 Å². The quantitative estimate of drug-likeness (QED) is 0.245. The number of anilines is 3. The van der Waals surface area contributed by atoms with E-state index in [9.17, 15) is 18.0 Å². The third-order valence-electron chi connectivity index (χ3n) is 6.77. The number of hydrogen-bond acceptors (Lipinski definition) is 7. The maximum absolute atomic E-state index is 13.1. The van der Waals surface area contributed by atoms with Gasteiger partial charge in [0.25, 0.3) is 21.8 Å². The first-order chi connectivity index (χ1) is 20.8. The molecular weight excluding hydrogens is 570 g/mol. The molecule has 222 valence electrons. The Kier molecular flexibility index (Phi) is 8.82. The number of nitrogens with zero attached hydrogens (tertiary/aromatic N) is 1. The van der Waals surface area contributed by atoms with E-state index in [0.29, 0.717) is 47.3 Å². The van der Waals surface area contributed by atoms with E-state index < -0.39 is 15.9 Å². The Balaban J connectivity index is 1.16. The molecule has 43 heavy (non-hydrogen) atoms. The average molecular weight is 602 g/mol. The zero-order chi connectivity index (χ0) is 30.4. The highest BCUT2D eigenvalue weighted by Crippen LogP contribution is 2.32. The monoisotopic (exact) mass is 601 g/mol. The van der Waals surface area contributed by atoms with E-state index in [1.54, 1.807) is 72.7 Å². The lowest BCUT2D eigenvalue weighted by Gasteiger charge is -2.18. The van der Waals surface area contributed by atoms with E-state index >= 15 is 0 Å². The zero-order valence-electron chi connectivity index (χ0n) is 23.7. The number of sulfonamides is 1. The van der Waals surface area contributed by atoms with Gasteiger partial charge < -0.3 is 24.4 Å². The van der Waals surface area contributed by atoms with Gasteiger partial charge in [0.2, 0.25) is 0 Å². The smallest absolute Gasteiger partial charge is 0.262 e. The molecule has 2 amide bonds. The van der Waals surface area contributed by atoms with E-state index in [-0.39, 0.29) is 17.4 Å². The second-order valence-electron chi connectivity index (χ2n) is 9.65.